The quantitative estimate of drug-likeness (QED) is 0.0321. The Hall–Kier alpha value is -1.40. The van der Waals surface area contributed by atoms with Crippen LogP contribution in [0.3, 0.4) is 0 Å². The molecule has 63 heavy (non-hydrogen) atoms. The molecule has 0 bridgehead atoms. The molecule has 0 aromatic carbocycles. The molecule has 0 aromatic heterocycles. The van der Waals surface area contributed by atoms with E-state index in [0.29, 0.717) is 25.9 Å². The zero-order valence-electron chi connectivity index (χ0n) is 42.6. The van der Waals surface area contributed by atoms with Gasteiger partial charge >= 0.3 is 5.97 Å². The van der Waals surface area contributed by atoms with Gasteiger partial charge in [0.25, 0.3) is 0 Å². The number of unbranched alkanes of at least 4 members (excludes halogenated alkanes) is 40. The minimum absolute atomic E-state index is 0.00201. The van der Waals surface area contributed by atoms with Crippen molar-refractivity contribution in [1.29, 1.82) is 0 Å². The predicted octanol–water partition coefficient (Wildman–Crippen LogP) is 17.3. The Balaban J connectivity index is 3.37. The molecule has 3 N–H and O–H groups in total. The molecule has 0 aromatic rings. The lowest BCUT2D eigenvalue weighted by atomic mass is 10.0. The summed E-state index contributed by atoms with van der Waals surface area (Å²) in [5.74, 6) is -0.0360. The third-order valence-corrected chi connectivity index (χ3v) is 13.3. The second kappa shape index (κ2) is 53.2. The second-order valence-corrected chi connectivity index (χ2v) is 19.6. The van der Waals surface area contributed by atoms with Gasteiger partial charge in [-0.05, 0) is 51.4 Å². The molecule has 6 nitrogen and oxygen atoms in total. The van der Waals surface area contributed by atoms with Crippen LogP contribution in [0.2, 0.25) is 0 Å². The summed E-state index contributed by atoms with van der Waals surface area (Å²) in [5, 5.41) is 23.2. The van der Waals surface area contributed by atoms with Gasteiger partial charge in [0.05, 0.1) is 25.4 Å². The largest absolute Gasteiger partial charge is 0.466 e. The maximum Gasteiger partial charge on any atom is 0.305 e. The van der Waals surface area contributed by atoms with Crippen molar-refractivity contribution in [2.45, 2.75) is 328 Å². The van der Waals surface area contributed by atoms with Crippen LogP contribution >= 0.6 is 0 Å². The van der Waals surface area contributed by atoms with E-state index in [2.05, 4.69) is 31.3 Å². The van der Waals surface area contributed by atoms with Gasteiger partial charge < -0.3 is 20.3 Å². The molecule has 0 rings (SSSR count). The van der Waals surface area contributed by atoms with E-state index >= 15 is 0 Å². The van der Waals surface area contributed by atoms with Crippen molar-refractivity contribution in [2.24, 2.45) is 0 Å². The average Bonchev–Trinajstić information content (AvgIpc) is 3.28. The highest BCUT2D eigenvalue weighted by molar-refractivity contribution is 5.76. The topological polar surface area (TPSA) is 95.9 Å². The molecule has 0 radical (unpaired) electrons. The van der Waals surface area contributed by atoms with Gasteiger partial charge in [-0.25, -0.2) is 0 Å². The van der Waals surface area contributed by atoms with E-state index in [1.54, 1.807) is 0 Å². The van der Waals surface area contributed by atoms with Crippen molar-refractivity contribution in [2.75, 3.05) is 13.2 Å². The van der Waals surface area contributed by atoms with Gasteiger partial charge in [-0.3, -0.25) is 9.59 Å². The number of nitrogens with one attached hydrogen (secondary N) is 1. The summed E-state index contributed by atoms with van der Waals surface area (Å²) in [6.07, 6.45) is 62.0. The van der Waals surface area contributed by atoms with Crippen LogP contribution in [0.1, 0.15) is 316 Å². The van der Waals surface area contributed by atoms with E-state index in [4.69, 9.17) is 4.74 Å². The Bertz CT molecular complexity index is 939. The van der Waals surface area contributed by atoms with Crippen LogP contribution in [0.25, 0.3) is 0 Å². The number of carbonyl (C=O) groups is 2. The molecule has 374 valence electrons. The molecular weight excluding hydrogens is 779 g/mol. The first-order valence-corrected chi connectivity index (χ1v) is 28.4. The van der Waals surface area contributed by atoms with Crippen molar-refractivity contribution >= 4 is 11.9 Å². The fourth-order valence-corrected chi connectivity index (χ4v) is 8.93. The minimum atomic E-state index is -0.664. The SMILES string of the molecule is CCCCCCCCC/C=C\CCCCCCCC(=O)OCCCCCCCCCCCCCCCCCCCCCC(=O)NC(CO)C(O)CCCCCCCCCCCCC. The fraction of sp³-hybridized carbons (Fsp3) is 0.930. The van der Waals surface area contributed by atoms with E-state index in [1.807, 2.05) is 0 Å². The Morgan fingerprint density at radius 1 is 0.429 bits per heavy atom. The third-order valence-electron chi connectivity index (χ3n) is 13.3. The minimum Gasteiger partial charge on any atom is -0.466 e. The van der Waals surface area contributed by atoms with Gasteiger partial charge in [0.15, 0.2) is 0 Å². The van der Waals surface area contributed by atoms with Crippen molar-refractivity contribution in [3.8, 4) is 0 Å². The number of ether oxygens (including phenoxy) is 1. The molecule has 0 saturated heterocycles. The van der Waals surface area contributed by atoms with Crippen LogP contribution in [0, 0.1) is 0 Å². The van der Waals surface area contributed by atoms with E-state index < -0.39 is 12.1 Å². The summed E-state index contributed by atoms with van der Waals surface area (Å²) in [6, 6.07) is -0.541. The highest BCUT2D eigenvalue weighted by atomic mass is 16.5. The van der Waals surface area contributed by atoms with Crippen molar-refractivity contribution in [1.82, 2.24) is 5.32 Å². The lowest BCUT2D eigenvalue weighted by Gasteiger charge is -2.22. The first-order valence-electron chi connectivity index (χ1n) is 28.4. The van der Waals surface area contributed by atoms with Gasteiger partial charge in [-0.2, -0.15) is 0 Å². The number of carbonyl (C=O) groups excluding carboxylic acids is 2. The number of rotatable bonds is 53. The molecule has 1 amide bonds. The standard InChI is InChI=1S/C57H111NO5/c1-3-5-7-9-11-13-15-16-17-24-27-31-35-39-43-47-51-57(62)63-52-48-44-40-36-32-28-25-22-20-18-19-21-23-26-30-34-38-42-46-50-56(61)58-54(53-59)55(60)49-45-41-37-33-29-14-12-10-8-6-4-2/h17,24,54-55,59-60H,3-16,18-23,25-53H2,1-2H3,(H,58,61)/b24-17-. The summed E-state index contributed by atoms with van der Waals surface area (Å²) < 4.78 is 5.48. The van der Waals surface area contributed by atoms with Crippen molar-refractivity contribution in [3.63, 3.8) is 0 Å². The lowest BCUT2D eigenvalue weighted by Crippen LogP contribution is -2.45. The van der Waals surface area contributed by atoms with Crippen molar-refractivity contribution in [3.05, 3.63) is 12.2 Å². The molecule has 0 aliphatic carbocycles. The lowest BCUT2D eigenvalue weighted by molar-refractivity contribution is -0.143. The molecule has 0 saturated carbocycles. The summed E-state index contributed by atoms with van der Waals surface area (Å²) >= 11 is 0. The van der Waals surface area contributed by atoms with Crippen LogP contribution in [-0.2, 0) is 14.3 Å². The van der Waals surface area contributed by atoms with E-state index in [-0.39, 0.29) is 18.5 Å². The molecule has 0 heterocycles. The highest BCUT2D eigenvalue weighted by Crippen LogP contribution is 2.17. The molecule has 2 unspecified atom stereocenters. The summed E-state index contributed by atoms with van der Waals surface area (Å²) in [6.45, 7) is 4.94. The van der Waals surface area contributed by atoms with Crippen LogP contribution in [0.4, 0.5) is 0 Å². The molecule has 0 spiro atoms. The van der Waals surface area contributed by atoms with Gasteiger partial charge in [0, 0.05) is 12.8 Å². The zero-order valence-corrected chi connectivity index (χ0v) is 42.6. The number of allylic oxidation sites excluding steroid dienone is 2. The number of aliphatic hydroxyl groups excluding tert-OH is 2. The van der Waals surface area contributed by atoms with Crippen LogP contribution in [0.5, 0.6) is 0 Å². The predicted molar refractivity (Wildman–Crippen MR) is 273 cm³/mol. The molecular formula is C57H111NO5. The van der Waals surface area contributed by atoms with Gasteiger partial charge in [0.2, 0.25) is 5.91 Å². The Morgan fingerprint density at radius 3 is 1.13 bits per heavy atom. The molecule has 0 aliphatic rings. The van der Waals surface area contributed by atoms with Gasteiger partial charge in [-0.15, -0.1) is 0 Å². The molecule has 0 fully saturated rings. The van der Waals surface area contributed by atoms with Crippen LogP contribution in [-0.4, -0.2) is 47.4 Å². The summed E-state index contributed by atoms with van der Waals surface area (Å²) in [4.78, 5) is 24.5. The second-order valence-electron chi connectivity index (χ2n) is 19.6. The monoisotopic (exact) mass is 890 g/mol. The maximum atomic E-state index is 12.4. The fourth-order valence-electron chi connectivity index (χ4n) is 8.93. The average molecular weight is 891 g/mol. The number of esters is 1. The molecule has 6 heteroatoms. The maximum absolute atomic E-state index is 12.4. The Morgan fingerprint density at radius 2 is 0.746 bits per heavy atom. The van der Waals surface area contributed by atoms with Crippen molar-refractivity contribution < 1.29 is 24.5 Å². The first-order chi connectivity index (χ1) is 31.0. The zero-order chi connectivity index (χ0) is 45.8. The summed E-state index contributed by atoms with van der Waals surface area (Å²) in [5.41, 5.74) is 0. The van der Waals surface area contributed by atoms with Crippen LogP contribution < -0.4 is 5.32 Å². The molecule has 0 aliphatic heterocycles. The number of hydrogen-bond acceptors (Lipinski definition) is 5. The summed E-state index contributed by atoms with van der Waals surface area (Å²) in [7, 11) is 0. The van der Waals surface area contributed by atoms with Gasteiger partial charge in [0.1, 0.15) is 0 Å². The van der Waals surface area contributed by atoms with E-state index in [1.165, 1.54) is 238 Å². The third kappa shape index (κ3) is 49.9. The number of amides is 1. The van der Waals surface area contributed by atoms with E-state index in [9.17, 15) is 19.8 Å². The molecule has 2 atom stereocenters. The first kappa shape index (κ1) is 61.6. The highest BCUT2D eigenvalue weighted by Gasteiger charge is 2.20. The van der Waals surface area contributed by atoms with Crippen LogP contribution in [0.15, 0.2) is 12.2 Å². The van der Waals surface area contributed by atoms with Gasteiger partial charge in [-0.1, -0.05) is 264 Å². The number of aliphatic hydroxyl groups is 2. The normalized spacial score (nSPS) is 12.6. The Kier molecular flexibility index (Phi) is 52.0. The van der Waals surface area contributed by atoms with E-state index in [0.717, 1.165) is 44.9 Å². The Labute approximate surface area is 393 Å². The number of hydrogen-bond donors (Lipinski definition) is 3. The smallest absolute Gasteiger partial charge is 0.305 e.